The Morgan fingerprint density at radius 2 is 1.96 bits per heavy atom. The van der Waals surface area contributed by atoms with E-state index in [1.54, 1.807) is 20.8 Å². The van der Waals surface area contributed by atoms with Gasteiger partial charge in [0.1, 0.15) is 5.60 Å². The molecule has 6 heteroatoms. The maximum Gasteiger partial charge on any atom is 0.417 e. The monoisotopic (exact) mass is 321 g/mol. The highest BCUT2D eigenvalue weighted by Gasteiger charge is 2.44. The molecule has 2 atom stereocenters. The van der Waals surface area contributed by atoms with Crippen LogP contribution in [0.3, 0.4) is 0 Å². The van der Waals surface area contributed by atoms with Crippen molar-refractivity contribution in [2.75, 3.05) is 6.61 Å². The molecule has 1 aromatic rings. The van der Waals surface area contributed by atoms with Crippen molar-refractivity contribution in [3.63, 3.8) is 0 Å². The number of aliphatic hydroxyl groups is 1. The van der Waals surface area contributed by atoms with E-state index in [4.69, 9.17) is 9.47 Å². The molecule has 1 fully saturated rings. The normalized spacial score (nSPS) is 21.6. The summed E-state index contributed by atoms with van der Waals surface area (Å²) >= 11 is 0. The Kier molecular flexibility index (Phi) is 5.38. The van der Waals surface area contributed by atoms with Crippen molar-refractivity contribution in [3.8, 4) is 0 Å². The Labute approximate surface area is 136 Å². The van der Waals surface area contributed by atoms with Crippen LogP contribution < -0.4 is 0 Å². The molecule has 6 nitrogen and oxygen atoms in total. The molecule has 2 amide bonds. The van der Waals surface area contributed by atoms with Crippen LogP contribution in [0.4, 0.5) is 4.79 Å². The number of benzene rings is 1. The van der Waals surface area contributed by atoms with Gasteiger partial charge < -0.3 is 14.6 Å². The first-order valence-electron chi connectivity index (χ1n) is 7.63. The summed E-state index contributed by atoms with van der Waals surface area (Å²) in [7, 11) is 0. The second-order valence-electron chi connectivity index (χ2n) is 6.58. The van der Waals surface area contributed by atoms with Gasteiger partial charge in [-0.1, -0.05) is 30.3 Å². The van der Waals surface area contributed by atoms with Crippen LogP contribution in [0.25, 0.3) is 0 Å². The molecule has 0 aliphatic carbocycles. The first kappa shape index (κ1) is 17.4. The maximum atomic E-state index is 12.2. The van der Waals surface area contributed by atoms with E-state index in [1.165, 1.54) is 0 Å². The van der Waals surface area contributed by atoms with Crippen LogP contribution >= 0.6 is 0 Å². The van der Waals surface area contributed by atoms with E-state index in [0.717, 1.165) is 10.5 Å². The van der Waals surface area contributed by atoms with Crippen molar-refractivity contribution in [2.24, 2.45) is 0 Å². The molecule has 2 rings (SSSR count). The zero-order valence-corrected chi connectivity index (χ0v) is 13.7. The summed E-state index contributed by atoms with van der Waals surface area (Å²) in [6, 6.07) is 8.83. The molecular weight excluding hydrogens is 298 g/mol. The Hall–Kier alpha value is -1.92. The van der Waals surface area contributed by atoms with Crippen LogP contribution in [-0.4, -0.2) is 46.4 Å². The fraction of sp³-hybridized carbons (Fsp3) is 0.529. The molecule has 126 valence electrons. The summed E-state index contributed by atoms with van der Waals surface area (Å²) in [4.78, 5) is 25.1. The SMILES string of the molecule is CC(C)(C)OC(=O)N1C(=O)CC(O)C1COCc1ccccc1. The zero-order valence-electron chi connectivity index (χ0n) is 13.7. The summed E-state index contributed by atoms with van der Waals surface area (Å²) in [6.45, 7) is 5.59. The predicted molar refractivity (Wildman–Crippen MR) is 83.6 cm³/mol. The van der Waals surface area contributed by atoms with Crippen LogP contribution in [0.15, 0.2) is 30.3 Å². The van der Waals surface area contributed by atoms with Crippen molar-refractivity contribution in [2.45, 2.75) is 51.5 Å². The average Bonchev–Trinajstić information content (AvgIpc) is 2.72. The van der Waals surface area contributed by atoms with E-state index < -0.39 is 29.7 Å². The second kappa shape index (κ2) is 7.10. The first-order valence-corrected chi connectivity index (χ1v) is 7.63. The third-order valence-electron chi connectivity index (χ3n) is 3.42. The van der Waals surface area contributed by atoms with Gasteiger partial charge in [0.25, 0.3) is 0 Å². The molecule has 23 heavy (non-hydrogen) atoms. The molecule has 1 N–H and O–H groups in total. The van der Waals surface area contributed by atoms with Gasteiger partial charge in [-0.15, -0.1) is 0 Å². The Morgan fingerprint density at radius 3 is 2.57 bits per heavy atom. The fourth-order valence-corrected chi connectivity index (χ4v) is 2.38. The number of hydrogen-bond donors (Lipinski definition) is 1. The number of likely N-dealkylation sites (tertiary alicyclic amines) is 1. The first-order chi connectivity index (χ1) is 10.8. The second-order valence-corrected chi connectivity index (χ2v) is 6.58. The lowest BCUT2D eigenvalue weighted by atomic mass is 10.2. The highest BCUT2D eigenvalue weighted by Crippen LogP contribution is 2.23. The van der Waals surface area contributed by atoms with Gasteiger partial charge in [-0.25, -0.2) is 9.69 Å². The molecule has 0 bridgehead atoms. The van der Waals surface area contributed by atoms with Crippen LogP contribution in [0, 0.1) is 0 Å². The molecular formula is C17H23NO5. The largest absolute Gasteiger partial charge is 0.443 e. The third kappa shape index (κ3) is 4.77. The van der Waals surface area contributed by atoms with Crippen LogP contribution in [0.2, 0.25) is 0 Å². The lowest BCUT2D eigenvalue weighted by Crippen LogP contribution is -2.46. The van der Waals surface area contributed by atoms with Crippen molar-refractivity contribution < 1.29 is 24.2 Å². The number of amides is 2. The number of imide groups is 1. The Morgan fingerprint density at radius 1 is 1.30 bits per heavy atom. The topological polar surface area (TPSA) is 76.1 Å². The molecule has 2 unspecified atom stereocenters. The highest BCUT2D eigenvalue weighted by atomic mass is 16.6. The maximum absolute atomic E-state index is 12.2. The number of hydrogen-bond acceptors (Lipinski definition) is 5. The van der Waals surface area contributed by atoms with E-state index >= 15 is 0 Å². The van der Waals surface area contributed by atoms with Gasteiger partial charge >= 0.3 is 6.09 Å². The average molecular weight is 321 g/mol. The number of aliphatic hydroxyl groups excluding tert-OH is 1. The smallest absolute Gasteiger partial charge is 0.417 e. The molecule has 1 aliphatic rings. The predicted octanol–water partition coefficient (Wildman–Crippen LogP) is 2.10. The lowest BCUT2D eigenvalue weighted by molar-refractivity contribution is -0.128. The van der Waals surface area contributed by atoms with Crippen LogP contribution in [0.1, 0.15) is 32.8 Å². The number of rotatable bonds is 4. The van der Waals surface area contributed by atoms with Crippen molar-refractivity contribution in [1.29, 1.82) is 0 Å². The molecule has 1 heterocycles. The molecule has 1 aromatic carbocycles. The summed E-state index contributed by atoms with van der Waals surface area (Å²) in [5.41, 5.74) is 0.274. The van der Waals surface area contributed by atoms with E-state index in [0.29, 0.717) is 6.61 Å². The minimum atomic E-state index is -0.939. The van der Waals surface area contributed by atoms with Gasteiger partial charge in [-0.2, -0.15) is 0 Å². The zero-order chi connectivity index (χ0) is 17.0. The number of nitrogens with zero attached hydrogens (tertiary/aromatic N) is 1. The van der Waals surface area contributed by atoms with Crippen molar-refractivity contribution in [1.82, 2.24) is 4.90 Å². The van der Waals surface area contributed by atoms with Gasteiger partial charge in [0.15, 0.2) is 0 Å². The lowest BCUT2D eigenvalue weighted by Gasteiger charge is -2.28. The van der Waals surface area contributed by atoms with E-state index in [-0.39, 0.29) is 13.0 Å². The van der Waals surface area contributed by atoms with Gasteiger partial charge in [-0.05, 0) is 26.3 Å². The molecule has 0 spiro atoms. The van der Waals surface area contributed by atoms with E-state index in [9.17, 15) is 14.7 Å². The highest BCUT2D eigenvalue weighted by molar-refractivity contribution is 5.94. The molecule has 0 radical (unpaired) electrons. The number of carbonyl (C=O) groups is 2. The Balaban J connectivity index is 1.97. The molecule has 0 saturated carbocycles. The van der Waals surface area contributed by atoms with Gasteiger partial charge in [0, 0.05) is 0 Å². The number of carbonyl (C=O) groups excluding carboxylic acids is 2. The summed E-state index contributed by atoms with van der Waals surface area (Å²) in [5.74, 6) is -0.444. The quantitative estimate of drug-likeness (QED) is 0.919. The summed E-state index contributed by atoms with van der Waals surface area (Å²) in [5, 5.41) is 10.0. The van der Waals surface area contributed by atoms with E-state index in [1.807, 2.05) is 30.3 Å². The minimum Gasteiger partial charge on any atom is -0.443 e. The summed E-state index contributed by atoms with van der Waals surface area (Å²) in [6.07, 6.45) is -1.78. The molecule has 1 aliphatic heterocycles. The van der Waals surface area contributed by atoms with Crippen molar-refractivity contribution >= 4 is 12.0 Å². The summed E-state index contributed by atoms with van der Waals surface area (Å²) < 4.78 is 10.8. The third-order valence-corrected chi connectivity index (χ3v) is 3.42. The van der Waals surface area contributed by atoms with Gasteiger partial charge in [-0.3, -0.25) is 4.79 Å². The van der Waals surface area contributed by atoms with Gasteiger partial charge in [0.05, 0.1) is 31.8 Å². The standard InChI is InChI=1S/C17H23NO5/c1-17(2,3)23-16(21)18-13(14(19)9-15(18)20)11-22-10-12-7-5-4-6-8-12/h4-8,13-14,19H,9-11H2,1-3H3. The van der Waals surface area contributed by atoms with Crippen LogP contribution in [0.5, 0.6) is 0 Å². The number of ether oxygens (including phenoxy) is 2. The Bertz CT molecular complexity index is 552. The van der Waals surface area contributed by atoms with E-state index in [2.05, 4.69) is 0 Å². The molecule has 1 saturated heterocycles. The van der Waals surface area contributed by atoms with Crippen LogP contribution in [-0.2, 0) is 20.9 Å². The minimum absolute atomic E-state index is 0.0705. The fourth-order valence-electron chi connectivity index (χ4n) is 2.38. The van der Waals surface area contributed by atoms with Crippen molar-refractivity contribution in [3.05, 3.63) is 35.9 Å². The van der Waals surface area contributed by atoms with Gasteiger partial charge in [0.2, 0.25) is 5.91 Å². The molecule has 0 aromatic heterocycles.